The largest absolute Gasteiger partial charge is 0.462 e. The Labute approximate surface area is 123 Å². The van der Waals surface area contributed by atoms with Crippen LogP contribution in [0.2, 0.25) is 0 Å². The van der Waals surface area contributed by atoms with Crippen molar-refractivity contribution in [3.05, 3.63) is 0 Å². The quantitative estimate of drug-likeness (QED) is 0.804. The van der Waals surface area contributed by atoms with Crippen LogP contribution in [0.4, 0.5) is 0 Å². The summed E-state index contributed by atoms with van der Waals surface area (Å²) in [6.45, 7) is 11.0. The van der Waals surface area contributed by atoms with Gasteiger partial charge in [-0.1, -0.05) is 20.3 Å². The van der Waals surface area contributed by atoms with E-state index in [4.69, 9.17) is 4.74 Å². The Morgan fingerprint density at radius 1 is 1.40 bits per heavy atom. The molecule has 0 bridgehead atoms. The molecule has 1 heterocycles. The first-order valence-corrected chi connectivity index (χ1v) is 8.31. The molecule has 5 atom stereocenters. The molecule has 0 aromatic carbocycles. The van der Waals surface area contributed by atoms with Gasteiger partial charge in [-0.15, -0.1) is 0 Å². The van der Waals surface area contributed by atoms with Crippen molar-refractivity contribution in [1.82, 2.24) is 5.32 Å². The topological polar surface area (TPSA) is 38.3 Å². The van der Waals surface area contributed by atoms with Gasteiger partial charge in [-0.3, -0.25) is 4.79 Å². The van der Waals surface area contributed by atoms with E-state index in [0.29, 0.717) is 30.2 Å². The van der Waals surface area contributed by atoms with Gasteiger partial charge in [0.15, 0.2) is 0 Å². The van der Waals surface area contributed by atoms with Crippen LogP contribution in [0.5, 0.6) is 0 Å². The number of carbonyl (C=O) groups excluding carboxylic acids is 1. The molecular formula is C17H31NO2. The fourth-order valence-corrected chi connectivity index (χ4v) is 4.67. The summed E-state index contributed by atoms with van der Waals surface area (Å²) >= 11 is 0. The summed E-state index contributed by atoms with van der Waals surface area (Å²) in [5, 5.41) is 3.84. The highest BCUT2D eigenvalue weighted by Crippen LogP contribution is 2.44. The van der Waals surface area contributed by atoms with Crippen molar-refractivity contribution < 1.29 is 9.53 Å². The first-order valence-electron chi connectivity index (χ1n) is 8.31. The second-order valence-electron chi connectivity index (χ2n) is 7.54. The second-order valence-corrected chi connectivity index (χ2v) is 7.54. The molecule has 3 heteroatoms. The van der Waals surface area contributed by atoms with E-state index in [9.17, 15) is 4.79 Å². The van der Waals surface area contributed by atoms with Gasteiger partial charge in [-0.25, -0.2) is 0 Å². The molecule has 0 aromatic heterocycles. The van der Waals surface area contributed by atoms with Crippen LogP contribution in [0.3, 0.4) is 0 Å². The van der Waals surface area contributed by atoms with Crippen molar-refractivity contribution in [1.29, 1.82) is 0 Å². The number of fused-ring (bicyclic) bond motifs is 1. The minimum atomic E-state index is -0.0589. The third-order valence-corrected chi connectivity index (χ3v) is 5.29. The van der Waals surface area contributed by atoms with Crippen molar-refractivity contribution in [3.8, 4) is 0 Å². The maximum Gasteiger partial charge on any atom is 0.305 e. The first kappa shape index (κ1) is 15.8. The molecule has 1 N–H and O–H groups in total. The van der Waals surface area contributed by atoms with Crippen LogP contribution >= 0.6 is 0 Å². The molecule has 1 saturated heterocycles. The van der Waals surface area contributed by atoms with Crippen molar-refractivity contribution in [3.63, 3.8) is 0 Å². The molecule has 5 unspecified atom stereocenters. The SMILES string of the molecule is CCC(=O)OC(C)C1CCCC2NC(C)(C)CC(C)C21. The third kappa shape index (κ3) is 3.36. The molecule has 0 aromatic rings. The van der Waals surface area contributed by atoms with Crippen LogP contribution in [-0.4, -0.2) is 23.7 Å². The number of esters is 1. The zero-order valence-electron chi connectivity index (χ0n) is 13.7. The molecule has 2 aliphatic rings. The number of carbonyl (C=O) groups is 1. The third-order valence-electron chi connectivity index (χ3n) is 5.29. The lowest BCUT2D eigenvalue weighted by molar-refractivity contribution is -0.154. The summed E-state index contributed by atoms with van der Waals surface area (Å²) in [7, 11) is 0. The molecular weight excluding hydrogens is 250 g/mol. The van der Waals surface area contributed by atoms with Gasteiger partial charge in [0.25, 0.3) is 0 Å². The maximum absolute atomic E-state index is 11.6. The van der Waals surface area contributed by atoms with Crippen LogP contribution < -0.4 is 5.32 Å². The van der Waals surface area contributed by atoms with Gasteiger partial charge >= 0.3 is 5.97 Å². The van der Waals surface area contributed by atoms with E-state index in [1.165, 1.54) is 25.7 Å². The van der Waals surface area contributed by atoms with Crippen LogP contribution in [0.1, 0.15) is 66.7 Å². The van der Waals surface area contributed by atoms with Gasteiger partial charge < -0.3 is 10.1 Å². The van der Waals surface area contributed by atoms with E-state index in [-0.39, 0.29) is 17.6 Å². The highest BCUT2D eigenvalue weighted by Gasteiger charge is 2.46. The number of rotatable bonds is 3. The zero-order chi connectivity index (χ0) is 14.9. The second kappa shape index (κ2) is 6.05. The predicted molar refractivity (Wildman–Crippen MR) is 81.5 cm³/mol. The van der Waals surface area contributed by atoms with E-state index >= 15 is 0 Å². The molecule has 1 saturated carbocycles. The van der Waals surface area contributed by atoms with Crippen molar-refractivity contribution in [2.45, 2.75) is 84.4 Å². The fraction of sp³-hybridized carbons (Fsp3) is 0.941. The number of nitrogens with one attached hydrogen (secondary N) is 1. The Balaban J connectivity index is 2.08. The van der Waals surface area contributed by atoms with E-state index in [1.807, 2.05) is 6.92 Å². The number of ether oxygens (including phenoxy) is 1. The molecule has 116 valence electrons. The lowest BCUT2D eigenvalue weighted by Gasteiger charge is -2.52. The summed E-state index contributed by atoms with van der Waals surface area (Å²) in [6, 6.07) is 0.593. The Kier molecular flexibility index (Phi) is 4.78. The number of hydrogen-bond acceptors (Lipinski definition) is 3. The van der Waals surface area contributed by atoms with Gasteiger partial charge in [0.1, 0.15) is 6.10 Å². The smallest absolute Gasteiger partial charge is 0.305 e. The normalized spacial score (nSPS) is 37.9. The lowest BCUT2D eigenvalue weighted by Crippen LogP contribution is -2.60. The maximum atomic E-state index is 11.6. The van der Waals surface area contributed by atoms with Crippen molar-refractivity contribution >= 4 is 5.97 Å². The summed E-state index contributed by atoms with van der Waals surface area (Å²) in [5.74, 6) is 1.81. The van der Waals surface area contributed by atoms with Gasteiger partial charge in [0.2, 0.25) is 0 Å². The van der Waals surface area contributed by atoms with E-state index < -0.39 is 0 Å². The molecule has 0 spiro atoms. The van der Waals surface area contributed by atoms with Crippen molar-refractivity contribution in [2.24, 2.45) is 17.8 Å². The Hall–Kier alpha value is -0.570. The summed E-state index contributed by atoms with van der Waals surface area (Å²) in [4.78, 5) is 11.6. The Morgan fingerprint density at radius 3 is 2.75 bits per heavy atom. The van der Waals surface area contributed by atoms with Gasteiger partial charge in [-0.05, 0) is 51.9 Å². The standard InChI is InChI=1S/C17H31NO2/c1-6-15(19)20-12(3)13-8-7-9-14-16(13)11(2)10-17(4,5)18-14/h11-14,16,18H,6-10H2,1-5H3. The summed E-state index contributed by atoms with van der Waals surface area (Å²) < 4.78 is 5.62. The van der Waals surface area contributed by atoms with E-state index in [2.05, 4.69) is 33.0 Å². The average molecular weight is 281 g/mol. The Morgan fingerprint density at radius 2 is 2.10 bits per heavy atom. The van der Waals surface area contributed by atoms with Crippen LogP contribution in [-0.2, 0) is 9.53 Å². The average Bonchev–Trinajstić information content (AvgIpc) is 2.36. The van der Waals surface area contributed by atoms with Gasteiger partial charge in [-0.2, -0.15) is 0 Å². The van der Waals surface area contributed by atoms with Gasteiger partial charge in [0.05, 0.1) is 0 Å². The number of piperidine rings is 1. The van der Waals surface area contributed by atoms with E-state index in [1.54, 1.807) is 0 Å². The molecule has 2 rings (SSSR count). The van der Waals surface area contributed by atoms with Gasteiger partial charge in [0, 0.05) is 23.9 Å². The minimum absolute atomic E-state index is 0.0562. The highest BCUT2D eigenvalue weighted by molar-refractivity contribution is 5.69. The lowest BCUT2D eigenvalue weighted by atomic mass is 9.63. The molecule has 3 nitrogen and oxygen atoms in total. The molecule has 0 radical (unpaired) electrons. The molecule has 20 heavy (non-hydrogen) atoms. The first-order chi connectivity index (χ1) is 9.34. The number of hydrogen-bond donors (Lipinski definition) is 1. The molecule has 0 amide bonds. The highest BCUT2D eigenvalue weighted by atomic mass is 16.5. The zero-order valence-corrected chi connectivity index (χ0v) is 13.7. The Bertz CT molecular complexity index is 353. The minimum Gasteiger partial charge on any atom is -0.462 e. The monoisotopic (exact) mass is 281 g/mol. The summed E-state index contributed by atoms with van der Waals surface area (Å²) in [5.41, 5.74) is 0.242. The fourth-order valence-electron chi connectivity index (χ4n) is 4.67. The van der Waals surface area contributed by atoms with Crippen molar-refractivity contribution in [2.75, 3.05) is 0 Å². The van der Waals surface area contributed by atoms with E-state index in [0.717, 1.165) is 0 Å². The van der Waals surface area contributed by atoms with Crippen LogP contribution in [0.25, 0.3) is 0 Å². The predicted octanol–water partition coefficient (Wildman–Crippen LogP) is 3.52. The van der Waals surface area contributed by atoms with Crippen LogP contribution in [0.15, 0.2) is 0 Å². The molecule has 1 aliphatic heterocycles. The summed E-state index contributed by atoms with van der Waals surface area (Å²) in [6.07, 6.45) is 5.45. The molecule has 1 aliphatic carbocycles. The van der Waals surface area contributed by atoms with Crippen LogP contribution in [0, 0.1) is 17.8 Å². The molecule has 2 fully saturated rings.